The van der Waals surface area contributed by atoms with Gasteiger partial charge in [0.2, 0.25) is 0 Å². The Morgan fingerprint density at radius 3 is 2.14 bits per heavy atom. The van der Waals surface area contributed by atoms with Crippen molar-refractivity contribution in [2.45, 2.75) is 12.8 Å². The lowest BCUT2D eigenvalue weighted by Gasteiger charge is -2.20. The lowest BCUT2D eigenvalue weighted by molar-refractivity contribution is -0.138. The van der Waals surface area contributed by atoms with E-state index in [2.05, 4.69) is 0 Å². The van der Waals surface area contributed by atoms with Crippen LogP contribution in [0.1, 0.15) is 18.4 Å². The maximum absolute atomic E-state index is 11.3. The standard InChI is InChI=1S/C15H23O6Si/c1-12(15(16)17)13-6-4-5-7-14(13)22(20-10-8-18-2)21-11-9-19-3/h4-7,12H,8-11H2,1-3H3,(H,16,17). The van der Waals surface area contributed by atoms with Gasteiger partial charge in [-0.3, -0.25) is 4.79 Å². The number of benzene rings is 1. The second kappa shape index (κ2) is 10.5. The highest BCUT2D eigenvalue weighted by Crippen LogP contribution is 2.14. The monoisotopic (exact) mass is 327 g/mol. The zero-order valence-corrected chi connectivity index (χ0v) is 14.2. The number of rotatable bonds is 11. The van der Waals surface area contributed by atoms with Crippen LogP contribution in [-0.2, 0) is 23.1 Å². The molecule has 0 fully saturated rings. The highest BCUT2D eigenvalue weighted by atomic mass is 28.3. The quantitative estimate of drug-likeness (QED) is 0.481. The predicted octanol–water partition coefficient (Wildman–Crippen LogP) is 0.896. The molecule has 0 saturated carbocycles. The summed E-state index contributed by atoms with van der Waals surface area (Å²) < 4.78 is 21.6. The molecule has 0 aromatic heterocycles. The van der Waals surface area contributed by atoms with Gasteiger partial charge in [0.05, 0.1) is 32.3 Å². The van der Waals surface area contributed by atoms with E-state index in [9.17, 15) is 9.90 Å². The van der Waals surface area contributed by atoms with Crippen LogP contribution in [0.3, 0.4) is 0 Å². The summed E-state index contributed by atoms with van der Waals surface area (Å²) in [5.41, 5.74) is 0.721. The molecule has 1 N–H and O–H groups in total. The van der Waals surface area contributed by atoms with Gasteiger partial charge in [-0.15, -0.1) is 0 Å². The first-order chi connectivity index (χ1) is 10.6. The Morgan fingerprint density at radius 1 is 1.09 bits per heavy atom. The zero-order chi connectivity index (χ0) is 16.4. The Morgan fingerprint density at radius 2 is 1.64 bits per heavy atom. The lowest BCUT2D eigenvalue weighted by Crippen LogP contribution is -2.41. The van der Waals surface area contributed by atoms with Crippen molar-refractivity contribution in [1.29, 1.82) is 0 Å². The average Bonchev–Trinajstić information content (AvgIpc) is 2.53. The molecule has 0 spiro atoms. The predicted molar refractivity (Wildman–Crippen MR) is 83.5 cm³/mol. The molecule has 1 radical (unpaired) electrons. The molecule has 6 nitrogen and oxygen atoms in total. The molecule has 1 rings (SSSR count). The van der Waals surface area contributed by atoms with Crippen LogP contribution in [-0.4, -0.2) is 61.0 Å². The number of aliphatic carboxylic acids is 1. The first-order valence-electron chi connectivity index (χ1n) is 7.04. The minimum absolute atomic E-state index is 0.396. The third-order valence-corrected chi connectivity index (χ3v) is 4.89. The molecule has 1 aromatic rings. The SMILES string of the molecule is COCCO[Si](OCCOC)c1ccccc1C(C)C(=O)O. The van der Waals surface area contributed by atoms with Gasteiger partial charge in [0.25, 0.3) is 0 Å². The van der Waals surface area contributed by atoms with E-state index in [-0.39, 0.29) is 0 Å². The largest absolute Gasteiger partial charge is 0.481 e. The molecule has 0 aliphatic rings. The molecule has 1 unspecified atom stereocenters. The highest BCUT2D eigenvalue weighted by molar-refractivity contribution is 6.62. The Bertz CT molecular complexity index is 443. The lowest BCUT2D eigenvalue weighted by atomic mass is 10.0. The molecule has 0 saturated heterocycles. The van der Waals surface area contributed by atoms with Gasteiger partial charge in [-0.05, 0) is 17.7 Å². The number of carboxylic acid groups (broad SMARTS) is 1. The Labute approximate surface area is 132 Å². The van der Waals surface area contributed by atoms with Crippen molar-refractivity contribution in [1.82, 2.24) is 0 Å². The van der Waals surface area contributed by atoms with Crippen molar-refractivity contribution in [3.63, 3.8) is 0 Å². The highest BCUT2D eigenvalue weighted by Gasteiger charge is 2.26. The Balaban J connectivity index is 2.93. The molecule has 22 heavy (non-hydrogen) atoms. The van der Waals surface area contributed by atoms with Crippen molar-refractivity contribution in [2.24, 2.45) is 0 Å². The summed E-state index contributed by atoms with van der Waals surface area (Å²) in [5, 5.41) is 10.1. The molecular weight excluding hydrogens is 304 g/mol. The molecule has 123 valence electrons. The fraction of sp³-hybridized carbons (Fsp3) is 0.533. The van der Waals surface area contributed by atoms with E-state index in [0.717, 1.165) is 10.8 Å². The first-order valence-corrected chi connectivity index (χ1v) is 8.36. The van der Waals surface area contributed by atoms with E-state index < -0.39 is 21.2 Å². The summed E-state index contributed by atoms with van der Waals surface area (Å²) in [6.45, 7) is 3.36. The Kier molecular flexibility index (Phi) is 8.94. The molecule has 0 aliphatic carbocycles. The minimum atomic E-state index is -1.80. The average molecular weight is 327 g/mol. The van der Waals surface area contributed by atoms with Gasteiger partial charge in [0.15, 0.2) is 0 Å². The summed E-state index contributed by atoms with van der Waals surface area (Å²) in [7, 11) is 1.40. The van der Waals surface area contributed by atoms with Gasteiger partial charge in [-0.25, -0.2) is 0 Å². The second-order valence-electron chi connectivity index (χ2n) is 4.62. The van der Waals surface area contributed by atoms with E-state index in [1.54, 1.807) is 27.2 Å². The van der Waals surface area contributed by atoms with Crippen LogP contribution in [0.5, 0.6) is 0 Å². The van der Waals surface area contributed by atoms with Crippen molar-refractivity contribution >= 4 is 20.4 Å². The Hall–Kier alpha value is -1.25. The van der Waals surface area contributed by atoms with Gasteiger partial charge in [0, 0.05) is 14.2 Å². The number of hydrogen-bond acceptors (Lipinski definition) is 5. The molecule has 1 atom stereocenters. The van der Waals surface area contributed by atoms with Crippen LogP contribution in [0.25, 0.3) is 0 Å². The van der Waals surface area contributed by atoms with E-state index in [1.165, 1.54) is 0 Å². The second-order valence-corrected chi connectivity index (χ2v) is 6.31. The molecule has 0 heterocycles. The number of carbonyl (C=O) groups is 1. The summed E-state index contributed by atoms with van der Waals surface area (Å²) in [4.78, 5) is 11.3. The number of hydrogen-bond donors (Lipinski definition) is 1. The van der Waals surface area contributed by atoms with Gasteiger partial charge in [-0.2, -0.15) is 0 Å². The van der Waals surface area contributed by atoms with Crippen LogP contribution in [0.4, 0.5) is 0 Å². The van der Waals surface area contributed by atoms with Crippen molar-refractivity contribution < 1.29 is 28.2 Å². The van der Waals surface area contributed by atoms with Crippen molar-refractivity contribution in [2.75, 3.05) is 40.6 Å². The maximum Gasteiger partial charge on any atom is 0.424 e. The fourth-order valence-corrected chi connectivity index (χ4v) is 3.53. The van der Waals surface area contributed by atoms with Crippen LogP contribution >= 0.6 is 0 Å². The van der Waals surface area contributed by atoms with Crippen LogP contribution in [0.2, 0.25) is 0 Å². The van der Waals surface area contributed by atoms with Gasteiger partial charge in [-0.1, -0.05) is 24.3 Å². The third-order valence-electron chi connectivity index (χ3n) is 3.06. The molecular formula is C15H23O6Si. The fourth-order valence-electron chi connectivity index (χ4n) is 1.83. The van der Waals surface area contributed by atoms with Gasteiger partial charge >= 0.3 is 15.3 Å². The van der Waals surface area contributed by atoms with Crippen LogP contribution in [0, 0.1) is 0 Å². The van der Waals surface area contributed by atoms with Crippen molar-refractivity contribution in [3.8, 4) is 0 Å². The molecule has 0 amide bonds. The van der Waals surface area contributed by atoms with Crippen LogP contribution < -0.4 is 5.19 Å². The minimum Gasteiger partial charge on any atom is -0.481 e. The number of ether oxygens (including phenoxy) is 2. The number of carboxylic acids is 1. The molecule has 0 aliphatic heterocycles. The number of methoxy groups -OCH3 is 2. The summed E-state index contributed by atoms with van der Waals surface area (Å²) >= 11 is 0. The van der Waals surface area contributed by atoms with Crippen molar-refractivity contribution in [3.05, 3.63) is 29.8 Å². The maximum atomic E-state index is 11.3. The smallest absolute Gasteiger partial charge is 0.424 e. The van der Waals surface area contributed by atoms with E-state index in [1.807, 2.05) is 18.2 Å². The van der Waals surface area contributed by atoms with Gasteiger partial charge in [0.1, 0.15) is 0 Å². The summed E-state index contributed by atoms with van der Waals surface area (Å²) in [5.74, 6) is -1.49. The molecule has 1 aromatic carbocycles. The first kappa shape index (κ1) is 18.8. The van der Waals surface area contributed by atoms with E-state index >= 15 is 0 Å². The van der Waals surface area contributed by atoms with Crippen LogP contribution in [0.15, 0.2) is 24.3 Å². The normalized spacial score (nSPS) is 12.5. The summed E-state index contributed by atoms with van der Waals surface area (Å²) in [6, 6.07) is 7.35. The third kappa shape index (κ3) is 5.86. The van der Waals surface area contributed by atoms with E-state index in [0.29, 0.717) is 26.4 Å². The summed E-state index contributed by atoms with van der Waals surface area (Å²) in [6.07, 6.45) is 0. The van der Waals surface area contributed by atoms with E-state index in [4.69, 9.17) is 18.3 Å². The zero-order valence-electron chi connectivity index (χ0n) is 13.2. The topological polar surface area (TPSA) is 74.2 Å². The molecule has 7 heteroatoms. The molecule has 0 bridgehead atoms. The van der Waals surface area contributed by atoms with Gasteiger partial charge < -0.3 is 23.4 Å².